The second-order valence-electron chi connectivity index (χ2n) is 4.38. The fraction of sp³-hybridized carbons (Fsp3) is 0.583. The van der Waals surface area contributed by atoms with E-state index in [1.807, 2.05) is 13.8 Å². The molecule has 0 aromatic carbocycles. The number of carbonyl (C=O) groups is 1. The van der Waals surface area contributed by atoms with Crippen molar-refractivity contribution in [1.29, 1.82) is 0 Å². The molecule has 1 aromatic rings. The summed E-state index contributed by atoms with van der Waals surface area (Å²) in [4.78, 5) is 12.4. The lowest BCUT2D eigenvalue weighted by Crippen LogP contribution is -2.34. The largest absolute Gasteiger partial charge is 0.349 e. The van der Waals surface area contributed by atoms with E-state index in [-0.39, 0.29) is 11.9 Å². The summed E-state index contributed by atoms with van der Waals surface area (Å²) in [5, 5.41) is 10.8. The Labute approximate surface area is 110 Å². The molecule has 0 fully saturated rings. The maximum absolute atomic E-state index is 12.0. The van der Waals surface area contributed by atoms with Crippen molar-refractivity contribution in [2.75, 3.05) is 0 Å². The molecule has 1 amide bonds. The molecule has 0 bridgehead atoms. The third-order valence-corrected chi connectivity index (χ3v) is 2.78. The van der Waals surface area contributed by atoms with E-state index in [0.717, 1.165) is 12.1 Å². The van der Waals surface area contributed by atoms with Gasteiger partial charge in [0.1, 0.15) is 0 Å². The van der Waals surface area contributed by atoms with Gasteiger partial charge in [-0.15, -0.1) is 0 Å². The molecule has 0 saturated heterocycles. The van der Waals surface area contributed by atoms with Gasteiger partial charge in [0, 0.05) is 10.9 Å². The van der Waals surface area contributed by atoms with Crippen molar-refractivity contribution in [3.63, 3.8) is 0 Å². The van der Waals surface area contributed by atoms with E-state index in [9.17, 15) is 4.79 Å². The fourth-order valence-electron chi connectivity index (χ4n) is 1.63. The molecule has 1 N–H and O–H groups in total. The summed E-state index contributed by atoms with van der Waals surface area (Å²) in [7, 11) is 0. The first-order valence-corrected chi connectivity index (χ1v) is 6.57. The van der Waals surface area contributed by atoms with Crippen LogP contribution in [-0.4, -0.2) is 27.0 Å². The number of hydrogen-bond donors (Lipinski definition) is 1. The standard InChI is InChI=1S/C12H18BrN3O/c1-7(13)5-8(2)14-12(17)11-6-9(3)15-16-10(11)4/h6-8H,5H2,1-4H3,(H,14,17). The Hall–Kier alpha value is -0.970. The van der Waals surface area contributed by atoms with Crippen molar-refractivity contribution in [2.45, 2.75) is 45.0 Å². The average Bonchev–Trinajstić information content (AvgIpc) is 2.20. The van der Waals surface area contributed by atoms with Crippen molar-refractivity contribution in [3.05, 3.63) is 23.0 Å². The molecular weight excluding hydrogens is 282 g/mol. The molecule has 2 unspecified atom stereocenters. The Morgan fingerprint density at radius 2 is 2.06 bits per heavy atom. The monoisotopic (exact) mass is 299 g/mol. The van der Waals surface area contributed by atoms with Gasteiger partial charge in [0.25, 0.3) is 5.91 Å². The number of rotatable bonds is 4. The molecule has 0 aliphatic carbocycles. The predicted octanol–water partition coefficient (Wildman–Crippen LogP) is 2.39. The third-order valence-electron chi connectivity index (χ3n) is 2.40. The van der Waals surface area contributed by atoms with Gasteiger partial charge in [0.2, 0.25) is 0 Å². The predicted molar refractivity (Wildman–Crippen MR) is 71.4 cm³/mol. The van der Waals surface area contributed by atoms with Gasteiger partial charge in [-0.2, -0.15) is 10.2 Å². The summed E-state index contributed by atoms with van der Waals surface area (Å²) >= 11 is 3.47. The highest BCUT2D eigenvalue weighted by Crippen LogP contribution is 2.09. The Morgan fingerprint density at radius 1 is 1.41 bits per heavy atom. The number of amides is 1. The zero-order chi connectivity index (χ0) is 13.0. The van der Waals surface area contributed by atoms with E-state index in [2.05, 4.69) is 38.4 Å². The van der Waals surface area contributed by atoms with Gasteiger partial charge < -0.3 is 5.32 Å². The van der Waals surface area contributed by atoms with E-state index >= 15 is 0 Å². The van der Waals surface area contributed by atoms with Gasteiger partial charge in [-0.25, -0.2) is 0 Å². The van der Waals surface area contributed by atoms with Crippen LogP contribution in [0, 0.1) is 13.8 Å². The van der Waals surface area contributed by atoms with Crippen LogP contribution >= 0.6 is 15.9 Å². The van der Waals surface area contributed by atoms with Crippen LogP contribution in [0.25, 0.3) is 0 Å². The minimum absolute atomic E-state index is 0.0823. The topological polar surface area (TPSA) is 54.9 Å². The number of aromatic nitrogens is 2. The molecular formula is C12H18BrN3O. The molecule has 4 nitrogen and oxygen atoms in total. The minimum Gasteiger partial charge on any atom is -0.349 e. The molecule has 5 heteroatoms. The summed E-state index contributed by atoms with van der Waals surface area (Å²) in [6.07, 6.45) is 0.891. The van der Waals surface area contributed by atoms with Crippen LogP contribution in [0.5, 0.6) is 0 Å². The van der Waals surface area contributed by atoms with Gasteiger partial charge >= 0.3 is 0 Å². The van der Waals surface area contributed by atoms with E-state index in [4.69, 9.17) is 0 Å². The number of hydrogen-bond acceptors (Lipinski definition) is 3. The van der Waals surface area contributed by atoms with Crippen molar-refractivity contribution >= 4 is 21.8 Å². The maximum Gasteiger partial charge on any atom is 0.253 e. The zero-order valence-electron chi connectivity index (χ0n) is 10.6. The first-order chi connectivity index (χ1) is 7.90. The molecule has 0 aliphatic heterocycles. The zero-order valence-corrected chi connectivity index (χ0v) is 12.2. The second kappa shape index (κ2) is 6.10. The molecule has 0 aliphatic rings. The van der Waals surface area contributed by atoms with Crippen molar-refractivity contribution in [2.24, 2.45) is 0 Å². The van der Waals surface area contributed by atoms with Crippen LogP contribution < -0.4 is 5.32 Å². The summed E-state index contributed by atoms with van der Waals surface area (Å²) in [6, 6.07) is 1.90. The highest BCUT2D eigenvalue weighted by Gasteiger charge is 2.14. The molecule has 0 spiro atoms. The summed E-state index contributed by atoms with van der Waals surface area (Å²) in [5.41, 5.74) is 2.01. The Balaban J connectivity index is 2.73. The molecule has 1 rings (SSSR count). The van der Waals surface area contributed by atoms with Crippen LogP contribution in [0.3, 0.4) is 0 Å². The summed E-state index contributed by atoms with van der Waals surface area (Å²) in [5.74, 6) is -0.0823. The van der Waals surface area contributed by atoms with Crippen LogP contribution in [-0.2, 0) is 0 Å². The van der Waals surface area contributed by atoms with E-state index < -0.39 is 0 Å². The lowest BCUT2D eigenvalue weighted by atomic mass is 10.1. The molecule has 0 radical (unpaired) electrons. The quantitative estimate of drug-likeness (QED) is 0.869. The molecule has 0 saturated carbocycles. The lowest BCUT2D eigenvalue weighted by molar-refractivity contribution is 0.0937. The van der Waals surface area contributed by atoms with E-state index in [1.54, 1.807) is 13.0 Å². The van der Waals surface area contributed by atoms with Gasteiger partial charge in [0.15, 0.2) is 0 Å². The number of carbonyl (C=O) groups excluding carboxylic acids is 1. The average molecular weight is 300 g/mol. The molecule has 2 atom stereocenters. The van der Waals surface area contributed by atoms with Crippen molar-refractivity contribution in [1.82, 2.24) is 15.5 Å². The van der Waals surface area contributed by atoms with Gasteiger partial charge in [0.05, 0.1) is 17.0 Å². The van der Waals surface area contributed by atoms with Gasteiger partial charge in [-0.1, -0.05) is 22.9 Å². The molecule has 1 aromatic heterocycles. The third kappa shape index (κ3) is 4.42. The Bertz CT molecular complexity index is 407. The normalized spacial score (nSPS) is 14.2. The lowest BCUT2D eigenvalue weighted by Gasteiger charge is -2.15. The number of nitrogens with zero attached hydrogens (tertiary/aromatic N) is 2. The maximum atomic E-state index is 12.0. The van der Waals surface area contributed by atoms with E-state index in [0.29, 0.717) is 16.1 Å². The summed E-state index contributed by atoms with van der Waals surface area (Å²) in [6.45, 7) is 7.67. The molecule has 1 heterocycles. The van der Waals surface area contributed by atoms with Gasteiger partial charge in [-0.05, 0) is 33.3 Å². The van der Waals surface area contributed by atoms with Crippen LogP contribution in [0.1, 0.15) is 42.0 Å². The summed E-state index contributed by atoms with van der Waals surface area (Å²) < 4.78 is 0. The smallest absolute Gasteiger partial charge is 0.253 e. The van der Waals surface area contributed by atoms with Crippen LogP contribution in [0.15, 0.2) is 6.07 Å². The highest BCUT2D eigenvalue weighted by molar-refractivity contribution is 9.09. The Morgan fingerprint density at radius 3 is 2.65 bits per heavy atom. The van der Waals surface area contributed by atoms with Gasteiger partial charge in [-0.3, -0.25) is 4.79 Å². The fourth-order valence-corrected chi connectivity index (χ4v) is 2.19. The first-order valence-electron chi connectivity index (χ1n) is 5.66. The molecule has 94 valence electrons. The Kier molecular flexibility index (Phi) is 5.05. The van der Waals surface area contributed by atoms with Crippen LogP contribution in [0.4, 0.5) is 0 Å². The van der Waals surface area contributed by atoms with E-state index in [1.165, 1.54) is 0 Å². The SMILES string of the molecule is Cc1cc(C(=O)NC(C)CC(C)Br)c(C)nn1. The van der Waals surface area contributed by atoms with Crippen molar-refractivity contribution in [3.8, 4) is 0 Å². The van der Waals surface area contributed by atoms with Crippen molar-refractivity contribution < 1.29 is 4.79 Å². The minimum atomic E-state index is -0.0823. The second-order valence-corrected chi connectivity index (χ2v) is 5.94. The number of aryl methyl sites for hydroxylation is 2. The number of halogens is 1. The van der Waals surface area contributed by atoms with Crippen LogP contribution in [0.2, 0.25) is 0 Å². The number of nitrogens with one attached hydrogen (secondary N) is 1. The first kappa shape index (κ1) is 14.1. The number of alkyl halides is 1. The highest BCUT2D eigenvalue weighted by atomic mass is 79.9. The molecule has 17 heavy (non-hydrogen) atoms.